The summed E-state index contributed by atoms with van der Waals surface area (Å²) in [6.07, 6.45) is 24.1. The van der Waals surface area contributed by atoms with Crippen molar-refractivity contribution < 1.29 is 0 Å². The fraction of sp³-hybridized carbons (Fsp3) is 1.00. The molecular weight excluding hydrogens is 348 g/mol. The van der Waals surface area contributed by atoms with Crippen molar-refractivity contribution in [1.82, 2.24) is 0 Å². The lowest BCUT2D eigenvalue weighted by molar-refractivity contribution is 0.251. The topological polar surface area (TPSA) is 0 Å². The third-order valence-electron chi connectivity index (χ3n) is 7.01. The van der Waals surface area contributed by atoms with E-state index in [4.69, 9.17) is 0 Å². The third-order valence-corrected chi connectivity index (χ3v) is 7.01. The quantitative estimate of drug-likeness (QED) is 0.198. The molecule has 0 aliphatic rings. The molecule has 0 heterocycles. The Balaban J connectivity index is 0. The molecule has 29 heavy (non-hydrogen) atoms. The van der Waals surface area contributed by atoms with Gasteiger partial charge in [-0.25, -0.2) is 0 Å². The fourth-order valence-corrected chi connectivity index (χ4v) is 5.41. The van der Waals surface area contributed by atoms with Crippen molar-refractivity contribution in [1.29, 1.82) is 0 Å². The second-order valence-electron chi connectivity index (χ2n) is 9.68. The zero-order valence-electron chi connectivity index (χ0n) is 22.3. The Bertz CT molecular complexity index is 270. The first-order valence-electron chi connectivity index (χ1n) is 14.1. The van der Waals surface area contributed by atoms with Gasteiger partial charge in [-0.1, -0.05) is 165 Å². The SMILES string of the molecule is CCCCC(CC)C(CCC)CCC.CCCCC(CCC)C(CCC)CCC. The molecule has 0 nitrogen and oxygen atoms in total. The second-order valence-corrected chi connectivity index (χ2v) is 9.68. The van der Waals surface area contributed by atoms with E-state index in [1.165, 1.54) is 109 Å². The Morgan fingerprint density at radius 1 is 0.310 bits per heavy atom. The van der Waals surface area contributed by atoms with Crippen LogP contribution in [0.3, 0.4) is 0 Å². The molecule has 0 rings (SSSR count). The molecule has 0 heteroatoms. The predicted molar refractivity (Wildman–Crippen MR) is 138 cm³/mol. The van der Waals surface area contributed by atoms with E-state index < -0.39 is 0 Å². The summed E-state index contributed by atoms with van der Waals surface area (Å²) in [5.41, 5.74) is 0. The van der Waals surface area contributed by atoms with Crippen LogP contribution in [0.5, 0.6) is 0 Å². The normalized spacial score (nSPS) is 13.4. The van der Waals surface area contributed by atoms with Crippen molar-refractivity contribution in [2.75, 3.05) is 0 Å². The molecule has 2 unspecified atom stereocenters. The van der Waals surface area contributed by atoms with E-state index in [0.29, 0.717) is 0 Å². The summed E-state index contributed by atoms with van der Waals surface area (Å²) in [4.78, 5) is 0. The Morgan fingerprint density at radius 3 is 0.862 bits per heavy atom. The Labute approximate surface area is 188 Å². The van der Waals surface area contributed by atoms with Crippen LogP contribution < -0.4 is 0 Å². The highest BCUT2D eigenvalue weighted by Crippen LogP contribution is 2.31. The van der Waals surface area contributed by atoms with Gasteiger partial charge in [0.05, 0.1) is 0 Å². The lowest BCUT2D eigenvalue weighted by Gasteiger charge is -2.26. The molecule has 0 aromatic heterocycles. The average Bonchev–Trinajstić information content (AvgIpc) is 2.72. The Kier molecular flexibility index (Phi) is 26.1. The first kappa shape index (κ1) is 31.2. The first-order chi connectivity index (χ1) is 14.1. The van der Waals surface area contributed by atoms with Crippen molar-refractivity contribution in [2.45, 2.75) is 165 Å². The summed E-state index contributed by atoms with van der Waals surface area (Å²) in [5.74, 6) is 4.07. The summed E-state index contributed by atoms with van der Waals surface area (Å²) in [5, 5.41) is 0. The number of hydrogen-bond donors (Lipinski definition) is 0. The molecule has 0 aromatic rings. The molecule has 178 valence electrons. The summed E-state index contributed by atoms with van der Waals surface area (Å²) in [6.45, 7) is 18.7. The van der Waals surface area contributed by atoms with Crippen LogP contribution in [0, 0.1) is 23.7 Å². The summed E-state index contributed by atoms with van der Waals surface area (Å²) < 4.78 is 0. The van der Waals surface area contributed by atoms with Gasteiger partial charge in [0.25, 0.3) is 0 Å². The Morgan fingerprint density at radius 2 is 0.586 bits per heavy atom. The molecule has 0 aromatic carbocycles. The van der Waals surface area contributed by atoms with Gasteiger partial charge in [0.2, 0.25) is 0 Å². The average molecular weight is 411 g/mol. The molecule has 0 saturated carbocycles. The van der Waals surface area contributed by atoms with Crippen molar-refractivity contribution in [3.8, 4) is 0 Å². The maximum Gasteiger partial charge on any atom is -0.0386 e. The zero-order valence-corrected chi connectivity index (χ0v) is 22.3. The molecule has 0 saturated heterocycles. The minimum Gasteiger partial charge on any atom is -0.0654 e. The molecule has 2 atom stereocenters. The second kappa shape index (κ2) is 24.3. The van der Waals surface area contributed by atoms with Gasteiger partial charge in [0.15, 0.2) is 0 Å². The number of unbranched alkanes of at least 4 members (excludes halogenated alkanes) is 2. The van der Waals surface area contributed by atoms with Crippen LogP contribution in [0.2, 0.25) is 0 Å². The molecule has 0 N–H and O–H groups in total. The highest BCUT2D eigenvalue weighted by Gasteiger charge is 2.19. The van der Waals surface area contributed by atoms with Gasteiger partial charge < -0.3 is 0 Å². The van der Waals surface area contributed by atoms with Gasteiger partial charge in [-0.15, -0.1) is 0 Å². The maximum atomic E-state index is 2.37. The minimum atomic E-state index is 1.01. The third kappa shape index (κ3) is 17.4. The van der Waals surface area contributed by atoms with Gasteiger partial charge in [0, 0.05) is 0 Å². The highest BCUT2D eigenvalue weighted by atomic mass is 14.2. The standard InChI is InChI=1S/C15H32.C14H30/c1-5-9-13-15(12-8-4)14(10-6-2)11-7-3;1-5-9-12-13(8-4)14(10-6-2)11-7-3/h14-15H,5-13H2,1-4H3;13-14H,5-12H2,1-4H3. The van der Waals surface area contributed by atoms with Gasteiger partial charge in [-0.3, -0.25) is 0 Å². The van der Waals surface area contributed by atoms with E-state index in [-0.39, 0.29) is 0 Å². The van der Waals surface area contributed by atoms with Crippen LogP contribution in [-0.4, -0.2) is 0 Å². The smallest absolute Gasteiger partial charge is 0.0386 e. The van der Waals surface area contributed by atoms with Crippen LogP contribution in [0.15, 0.2) is 0 Å². The van der Waals surface area contributed by atoms with E-state index in [1.807, 2.05) is 0 Å². The van der Waals surface area contributed by atoms with Gasteiger partial charge in [-0.2, -0.15) is 0 Å². The molecule has 0 aliphatic carbocycles. The molecule has 0 spiro atoms. The summed E-state index contributed by atoms with van der Waals surface area (Å²) >= 11 is 0. The molecule has 0 amide bonds. The maximum absolute atomic E-state index is 2.37. The van der Waals surface area contributed by atoms with Crippen molar-refractivity contribution in [3.63, 3.8) is 0 Å². The number of hydrogen-bond acceptors (Lipinski definition) is 0. The van der Waals surface area contributed by atoms with Gasteiger partial charge in [0.1, 0.15) is 0 Å². The monoisotopic (exact) mass is 410 g/mol. The molecule has 0 radical (unpaired) electrons. The van der Waals surface area contributed by atoms with Crippen LogP contribution in [0.1, 0.15) is 165 Å². The van der Waals surface area contributed by atoms with Crippen LogP contribution >= 0.6 is 0 Å². The van der Waals surface area contributed by atoms with E-state index in [2.05, 4.69) is 55.4 Å². The minimum absolute atomic E-state index is 1.01. The molecule has 0 aliphatic heterocycles. The number of rotatable bonds is 19. The summed E-state index contributed by atoms with van der Waals surface area (Å²) in [6, 6.07) is 0. The predicted octanol–water partition coefficient (Wildman–Crippen LogP) is 11.2. The zero-order chi connectivity index (χ0) is 22.3. The van der Waals surface area contributed by atoms with Gasteiger partial charge in [-0.05, 0) is 23.7 Å². The van der Waals surface area contributed by atoms with Crippen molar-refractivity contribution in [3.05, 3.63) is 0 Å². The van der Waals surface area contributed by atoms with E-state index in [1.54, 1.807) is 0 Å². The molecule has 0 bridgehead atoms. The van der Waals surface area contributed by atoms with E-state index >= 15 is 0 Å². The first-order valence-corrected chi connectivity index (χ1v) is 14.1. The summed E-state index contributed by atoms with van der Waals surface area (Å²) in [7, 11) is 0. The van der Waals surface area contributed by atoms with E-state index in [0.717, 1.165) is 23.7 Å². The fourth-order valence-electron chi connectivity index (χ4n) is 5.41. The lowest BCUT2D eigenvalue weighted by Crippen LogP contribution is -2.15. The Hall–Kier alpha value is 0. The van der Waals surface area contributed by atoms with Crippen LogP contribution in [0.4, 0.5) is 0 Å². The molecule has 0 fully saturated rings. The van der Waals surface area contributed by atoms with Gasteiger partial charge >= 0.3 is 0 Å². The largest absolute Gasteiger partial charge is 0.0654 e. The van der Waals surface area contributed by atoms with Crippen molar-refractivity contribution in [2.24, 2.45) is 23.7 Å². The van der Waals surface area contributed by atoms with Crippen LogP contribution in [0.25, 0.3) is 0 Å². The van der Waals surface area contributed by atoms with Crippen LogP contribution in [-0.2, 0) is 0 Å². The molecular formula is C29H62. The lowest BCUT2D eigenvalue weighted by atomic mass is 9.79. The highest BCUT2D eigenvalue weighted by molar-refractivity contribution is 4.70. The van der Waals surface area contributed by atoms with Crippen molar-refractivity contribution >= 4 is 0 Å². The van der Waals surface area contributed by atoms with E-state index in [9.17, 15) is 0 Å².